The molecular formula is C20H23N3O2S. The number of rotatable bonds is 4. The lowest BCUT2D eigenvalue weighted by atomic mass is 10.1. The smallest absolute Gasteiger partial charge is 0.321 e. The summed E-state index contributed by atoms with van der Waals surface area (Å²) in [5, 5.41) is 5.85. The maximum absolute atomic E-state index is 12.8. The van der Waals surface area contributed by atoms with Crippen molar-refractivity contribution in [3.05, 3.63) is 53.6 Å². The van der Waals surface area contributed by atoms with Gasteiger partial charge in [0.1, 0.15) is 0 Å². The Kier molecular flexibility index (Phi) is 5.83. The summed E-state index contributed by atoms with van der Waals surface area (Å²) in [5.41, 5.74) is 2.76. The first-order valence-electron chi connectivity index (χ1n) is 8.69. The van der Waals surface area contributed by atoms with E-state index in [1.165, 1.54) is 0 Å². The SMILES string of the molecule is CSc1ccc(C)c(C(=O)Nc2ccccc2NC(=O)N2CCCC2)c1. The molecule has 5 nitrogen and oxygen atoms in total. The maximum Gasteiger partial charge on any atom is 0.321 e. The molecule has 1 aliphatic heterocycles. The molecule has 0 atom stereocenters. The molecular weight excluding hydrogens is 346 g/mol. The van der Waals surface area contributed by atoms with Gasteiger partial charge in [-0.05, 0) is 55.9 Å². The van der Waals surface area contributed by atoms with Crippen molar-refractivity contribution in [2.75, 3.05) is 30.0 Å². The van der Waals surface area contributed by atoms with Gasteiger partial charge < -0.3 is 15.5 Å². The first-order valence-corrected chi connectivity index (χ1v) is 9.92. The molecule has 0 aromatic heterocycles. The Morgan fingerprint density at radius 2 is 1.65 bits per heavy atom. The zero-order valence-electron chi connectivity index (χ0n) is 15.0. The molecule has 0 saturated carbocycles. The number of amides is 3. The second-order valence-corrected chi connectivity index (χ2v) is 7.18. The number of hydrogen-bond acceptors (Lipinski definition) is 3. The summed E-state index contributed by atoms with van der Waals surface area (Å²) in [6.07, 6.45) is 4.06. The average molecular weight is 369 g/mol. The largest absolute Gasteiger partial charge is 0.325 e. The van der Waals surface area contributed by atoms with Crippen LogP contribution in [-0.2, 0) is 0 Å². The first kappa shape index (κ1) is 18.3. The van der Waals surface area contributed by atoms with E-state index in [0.717, 1.165) is 36.4 Å². The second-order valence-electron chi connectivity index (χ2n) is 6.30. The van der Waals surface area contributed by atoms with E-state index in [9.17, 15) is 9.59 Å². The number of carbonyl (C=O) groups excluding carboxylic acids is 2. The number of hydrogen-bond donors (Lipinski definition) is 2. The summed E-state index contributed by atoms with van der Waals surface area (Å²) in [6, 6.07) is 13.0. The topological polar surface area (TPSA) is 61.4 Å². The van der Waals surface area contributed by atoms with E-state index >= 15 is 0 Å². The molecule has 0 spiro atoms. The molecule has 0 aliphatic carbocycles. The summed E-state index contributed by atoms with van der Waals surface area (Å²) < 4.78 is 0. The van der Waals surface area contributed by atoms with Crippen molar-refractivity contribution >= 4 is 35.1 Å². The van der Waals surface area contributed by atoms with Crippen LogP contribution >= 0.6 is 11.8 Å². The Hall–Kier alpha value is -2.47. The van der Waals surface area contributed by atoms with Gasteiger partial charge in [0.15, 0.2) is 0 Å². The molecule has 2 N–H and O–H groups in total. The van der Waals surface area contributed by atoms with Crippen LogP contribution in [0.2, 0.25) is 0 Å². The molecule has 26 heavy (non-hydrogen) atoms. The molecule has 2 aromatic carbocycles. The Labute approximate surface area is 158 Å². The molecule has 1 aliphatic rings. The van der Waals surface area contributed by atoms with Crippen LogP contribution in [0.25, 0.3) is 0 Å². The Balaban J connectivity index is 1.77. The van der Waals surface area contributed by atoms with Gasteiger partial charge in [-0.2, -0.15) is 0 Å². The van der Waals surface area contributed by atoms with E-state index < -0.39 is 0 Å². The fourth-order valence-corrected chi connectivity index (χ4v) is 3.42. The van der Waals surface area contributed by atoms with E-state index in [-0.39, 0.29) is 11.9 Å². The van der Waals surface area contributed by atoms with Crippen LogP contribution in [0.3, 0.4) is 0 Å². The molecule has 3 rings (SSSR count). The number of para-hydroxylation sites is 2. The lowest BCUT2D eigenvalue weighted by Crippen LogP contribution is -2.32. The van der Waals surface area contributed by atoms with Gasteiger partial charge in [-0.1, -0.05) is 18.2 Å². The summed E-state index contributed by atoms with van der Waals surface area (Å²) >= 11 is 1.60. The molecule has 1 heterocycles. The predicted molar refractivity (Wildman–Crippen MR) is 107 cm³/mol. The minimum Gasteiger partial charge on any atom is -0.325 e. The third-order valence-corrected chi connectivity index (χ3v) is 5.22. The van der Waals surface area contributed by atoms with E-state index in [1.54, 1.807) is 28.8 Å². The van der Waals surface area contributed by atoms with Gasteiger partial charge in [0, 0.05) is 23.5 Å². The van der Waals surface area contributed by atoms with Crippen molar-refractivity contribution in [2.45, 2.75) is 24.7 Å². The molecule has 1 saturated heterocycles. The van der Waals surface area contributed by atoms with Crippen molar-refractivity contribution < 1.29 is 9.59 Å². The number of benzene rings is 2. The highest BCUT2D eigenvalue weighted by molar-refractivity contribution is 7.98. The number of nitrogens with one attached hydrogen (secondary N) is 2. The zero-order valence-corrected chi connectivity index (χ0v) is 15.9. The Morgan fingerprint density at radius 1 is 1.00 bits per heavy atom. The van der Waals surface area contributed by atoms with Crippen LogP contribution in [0.5, 0.6) is 0 Å². The quantitative estimate of drug-likeness (QED) is 0.775. The van der Waals surface area contributed by atoms with Crippen LogP contribution in [0.1, 0.15) is 28.8 Å². The third kappa shape index (κ3) is 4.19. The van der Waals surface area contributed by atoms with Crippen LogP contribution in [0.15, 0.2) is 47.4 Å². The van der Waals surface area contributed by atoms with Gasteiger partial charge in [0.2, 0.25) is 0 Å². The third-order valence-electron chi connectivity index (χ3n) is 4.50. The van der Waals surface area contributed by atoms with Crippen LogP contribution < -0.4 is 10.6 Å². The zero-order chi connectivity index (χ0) is 18.5. The number of urea groups is 1. The van der Waals surface area contributed by atoms with Crippen LogP contribution in [0.4, 0.5) is 16.2 Å². The average Bonchev–Trinajstić information content (AvgIpc) is 3.18. The number of likely N-dealkylation sites (tertiary alicyclic amines) is 1. The van der Waals surface area contributed by atoms with E-state index in [2.05, 4.69) is 10.6 Å². The van der Waals surface area contributed by atoms with E-state index in [4.69, 9.17) is 0 Å². The number of carbonyl (C=O) groups is 2. The van der Waals surface area contributed by atoms with Crippen LogP contribution in [0, 0.1) is 6.92 Å². The van der Waals surface area contributed by atoms with Gasteiger partial charge in [-0.15, -0.1) is 11.8 Å². The molecule has 2 aromatic rings. The van der Waals surface area contributed by atoms with Crippen molar-refractivity contribution in [3.8, 4) is 0 Å². The summed E-state index contributed by atoms with van der Waals surface area (Å²) in [7, 11) is 0. The number of aryl methyl sites for hydroxylation is 1. The van der Waals surface area contributed by atoms with Crippen molar-refractivity contribution in [2.24, 2.45) is 0 Å². The Bertz CT molecular complexity index is 816. The molecule has 6 heteroatoms. The van der Waals surface area contributed by atoms with Crippen molar-refractivity contribution in [1.82, 2.24) is 4.90 Å². The summed E-state index contributed by atoms with van der Waals surface area (Å²) in [5.74, 6) is -0.179. The number of thioether (sulfide) groups is 1. The highest BCUT2D eigenvalue weighted by Crippen LogP contribution is 2.25. The number of anilines is 2. The fourth-order valence-electron chi connectivity index (χ4n) is 2.98. The molecule has 0 radical (unpaired) electrons. The fraction of sp³-hybridized carbons (Fsp3) is 0.300. The van der Waals surface area contributed by atoms with Gasteiger partial charge in [0.25, 0.3) is 5.91 Å². The van der Waals surface area contributed by atoms with Gasteiger partial charge in [-0.25, -0.2) is 4.79 Å². The maximum atomic E-state index is 12.8. The molecule has 0 bridgehead atoms. The molecule has 0 unspecified atom stereocenters. The predicted octanol–water partition coefficient (Wildman–Crippen LogP) is 4.60. The standard InChI is InChI=1S/C20H23N3O2S/c1-14-9-10-15(26-2)13-16(14)19(24)21-17-7-3-4-8-18(17)22-20(25)23-11-5-6-12-23/h3-4,7-10,13H,5-6,11-12H2,1-2H3,(H,21,24)(H,22,25). The molecule has 1 fully saturated rings. The first-order chi connectivity index (χ1) is 12.6. The normalized spacial score (nSPS) is 13.5. The Morgan fingerprint density at radius 3 is 2.31 bits per heavy atom. The lowest BCUT2D eigenvalue weighted by Gasteiger charge is -2.18. The minimum absolute atomic E-state index is 0.121. The number of nitrogens with zero attached hydrogens (tertiary/aromatic N) is 1. The minimum atomic E-state index is -0.179. The summed E-state index contributed by atoms with van der Waals surface area (Å²) in [4.78, 5) is 27.9. The highest BCUT2D eigenvalue weighted by atomic mass is 32.2. The second kappa shape index (κ2) is 8.27. The summed E-state index contributed by atoms with van der Waals surface area (Å²) in [6.45, 7) is 3.47. The van der Waals surface area contributed by atoms with E-state index in [0.29, 0.717) is 16.9 Å². The molecule has 3 amide bonds. The lowest BCUT2D eigenvalue weighted by molar-refractivity contribution is 0.102. The van der Waals surface area contributed by atoms with Crippen LogP contribution in [-0.4, -0.2) is 36.2 Å². The monoisotopic (exact) mass is 369 g/mol. The highest BCUT2D eigenvalue weighted by Gasteiger charge is 2.19. The van der Waals surface area contributed by atoms with Gasteiger partial charge >= 0.3 is 6.03 Å². The molecule has 136 valence electrons. The van der Waals surface area contributed by atoms with E-state index in [1.807, 2.05) is 43.5 Å². The van der Waals surface area contributed by atoms with Gasteiger partial charge in [-0.3, -0.25) is 4.79 Å². The van der Waals surface area contributed by atoms with Gasteiger partial charge in [0.05, 0.1) is 11.4 Å². The van der Waals surface area contributed by atoms with Crippen molar-refractivity contribution in [3.63, 3.8) is 0 Å². The van der Waals surface area contributed by atoms with Crippen molar-refractivity contribution in [1.29, 1.82) is 0 Å².